The van der Waals surface area contributed by atoms with Crippen LogP contribution in [0.3, 0.4) is 0 Å². The van der Waals surface area contributed by atoms with Gasteiger partial charge >= 0.3 is 17.7 Å². The first-order valence-corrected chi connectivity index (χ1v) is 9.54. The second-order valence-electron chi connectivity index (χ2n) is 5.56. The van der Waals surface area contributed by atoms with Gasteiger partial charge < -0.3 is 4.74 Å². The van der Waals surface area contributed by atoms with Crippen molar-refractivity contribution in [2.75, 3.05) is 0 Å². The summed E-state index contributed by atoms with van der Waals surface area (Å²) in [6, 6.07) is 0. The van der Waals surface area contributed by atoms with Gasteiger partial charge in [-0.2, -0.15) is 13.2 Å². The molecular weight excluding hydrogens is 425 g/mol. The first-order chi connectivity index (χ1) is 12.2. The molecule has 0 fully saturated rings. The predicted octanol–water partition coefficient (Wildman–Crippen LogP) is 4.97. The molecule has 0 bridgehead atoms. The quantitative estimate of drug-likeness (QED) is 0.495. The van der Waals surface area contributed by atoms with Crippen LogP contribution in [0.2, 0.25) is 0 Å². The van der Waals surface area contributed by atoms with Crippen molar-refractivity contribution < 1.29 is 27.5 Å². The highest BCUT2D eigenvalue weighted by molar-refractivity contribution is 7.13. The molecule has 0 aliphatic carbocycles. The number of carbonyl (C=O) groups excluding carboxylic acids is 2. The summed E-state index contributed by atoms with van der Waals surface area (Å²) < 4.78 is 47.0. The maximum atomic E-state index is 14.0. The highest BCUT2D eigenvalue weighted by atomic mass is 35.5. The summed E-state index contributed by atoms with van der Waals surface area (Å²) in [7, 11) is 0. The van der Waals surface area contributed by atoms with Gasteiger partial charge in [0, 0.05) is 23.6 Å². The standard InChI is InChI=1S/C14H15F3N2O2S2.C2H3ClO/c1-6-8(3)22-11(18-6)13(14(15,16)17,21-10(5)20)12-19-7(2)9(4)23-12;1-2(3)4/h1-5H3;1H3. The number of aromatic nitrogens is 2. The van der Waals surface area contributed by atoms with Crippen molar-refractivity contribution in [1.82, 2.24) is 9.97 Å². The van der Waals surface area contributed by atoms with Crippen LogP contribution in [0.15, 0.2) is 0 Å². The third-order valence-electron chi connectivity index (χ3n) is 3.36. The largest absolute Gasteiger partial charge is 0.442 e. The van der Waals surface area contributed by atoms with Gasteiger partial charge in [-0.15, -0.1) is 22.7 Å². The van der Waals surface area contributed by atoms with E-state index in [0.717, 1.165) is 29.6 Å². The van der Waals surface area contributed by atoms with Crippen LogP contribution in [0.1, 0.15) is 45.0 Å². The molecule has 0 aromatic carbocycles. The molecule has 0 N–H and O–H groups in total. The van der Waals surface area contributed by atoms with Gasteiger partial charge in [0.2, 0.25) is 5.24 Å². The second-order valence-corrected chi connectivity index (χ2v) is 8.50. The van der Waals surface area contributed by atoms with Crippen molar-refractivity contribution in [3.63, 3.8) is 0 Å². The maximum Gasteiger partial charge on any atom is 0.442 e. The van der Waals surface area contributed by atoms with E-state index in [2.05, 4.69) is 21.6 Å². The molecule has 0 atom stereocenters. The number of hydrogen-bond donors (Lipinski definition) is 0. The molecule has 5 nitrogen and oxygen atoms in total. The first-order valence-electron chi connectivity index (χ1n) is 7.53. The summed E-state index contributed by atoms with van der Waals surface area (Å²) in [6.45, 7) is 8.81. The Morgan fingerprint density at radius 2 is 1.26 bits per heavy atom. The van der Waals surface area contributed by atoms with Crippen LogP contribution < -0.4 is 0 Å². The van der Waals surface area contributed by atoms with Crippen molar-refractivity contribution >= 4 is 45.5 Å². The number of halogens is 4. The van der Waals surface area contributed by atoms with Gasteiger partial charge in [-0.05, 0) is 39.3 Å². The van der Waals surface area contributed by atoms with E-state index in [1.54, 1.807) is 27.7 Å². The average Bonchev–Trinajstić information content (AvgIpc) is 2.98. The summed E-state index contributed by atoms with van der Waals surface area (Å²) in [6.07, 6.45) is -4.88. The SMILES string of the molecule is CC(=O)Cl.CC(=O)OC(c1nc(C)c(C)s1)(c1nc(C)c(C)s1)C(F)(F)F. The molecule has 2 rings (SSSR count). The van der Waals surface area contributed by atoms with Gasteiger partial charge in [-0.25, -0.2) is 9.97 Å². The Labute approximate surface area is 167 Å². The molecule has 0 radical (unpaired) electrons. The topological polar surface area (TPSA) is 69.2 Å². The van der Waals surface area contributed by atoms with Gasteiger partial charge in [0.15, 0.2) is 10.0 Å². The van der Waals surface area contributed by atoms with Gasteiger partial charge in [0.25, 0.3) is 0 Å². The van der Waals surface area contributed by atoms with Crippen molar-refractivity contribution in [2.24, 2.45) is 0 Å². The fourth-order valence-corrected chi connectivity index (χ4v) is 4.13. The van der Waals surface area contributed by atoms with Gasteiger partial charge in [-0.3, -0.25) is 9.59 Å². The van der Waals surface area contributed by atoms with E-state index in [1.165, 1.54) is 6.92 Å². The van der Waals surface area contributed by atoms with E-state index in [9.17, 15) is 22.8 Å². The van der Waals surface area contributed by atoms with Crippen molar-refractivity contribution in [2.45, 2.75) is 53.3 Å². The number of thiazole rings is 2. The third-order valence-corrected chi connectivity index (χ3v) is 5.70. The molecule has 0 aliphatic heterocycles. The predicted molar refractivity (Wildman–Crippen MR) is 98.3 cm³/mol. The molecule has 150 valence electrons. The van der Waals surface area contributed by atoms with Crippen LogP contribution in [0.25, 0.3) is 0 Å². The fourth-order valence-electron chi connectivity index (χ4n) is 1.94. The number of carbonyl (C=O) groups is 2. The van der Waals surface area contributed by atoms with Crippen molar-refractivity contribution in [3.8, 4) is 0 Å². The number of hydrogen-bond acceptors (Lipinski definition) is 7. The van der Waals surface area contributed by atoms with Crippen LogP contribution in [-0.2, 0) is 19.9 Å². The maximum absolute atomic E-state index is 14.0. The molecule has 27 heavy (non-hydrogen) atoms. The number of rotatable bonds is 3. The number of nitrogens with zero attached hydrogens (tertiary/aromatic N) is 2. The summed E-state index contributed by atoms with van der Waals surface area (Å²) in [5.74, 6) is -1.04. The molecule has 2 heterocycles. The van der Waals surface area contributed by atoms with Crippen molar-refractivity contribution in [1.29, 1.82) is 0 Å². The fraction of sp³-hybridized carbons (Fsp3) is 0.500. The van der Waals surface area contributed by atoms with E-state index in [4.69, 9.17) is 4.74 Å². The monoisotopic (exact) mass is 442 g/mol. The van der Waals surface area contributed by atoms with Crippen molar-refractivity contribution in [3.05, 3.63) is 31.2 Å². The number of ether oxygens (including phenoxy) is 1. The van der Waals surface area contributed by atoms with Gasteiger partial charge in [0.05, 0.1) is 11.4 Å². The molecule has 2 aromatic rings. The van der Waals surface area contributed by atoms with Crippen LogP contribution in [0.4, 0.5) is 13.2 Å². The zero-order chi connectivity index (χ0) is 21.2. The first kappa shape index (κ1) is 23.5. The minimum absolute atomic E-state index is 0.330. The Kier molecular flexibility index (Phi) is 7.54. The lowest BCUT2D eigenvalue weighted by molar-refractivity contribution is -0.259. The van der Waals surface area contributed by atoms with E-state index in [-0.39, 0.29) is 15.3 Å². The van der Waals surface area contributed by atoms with E-state index < -0.39 is 17.7 Å². The smallest absolute Gasteiger partial charge is 0.434 e. The molecule has 0 amide bonds. The van der Waals surface area contributed by atoms with Gasteiger partial charge in [-0.1, -0.05) is 0 Å². The zero-order valence-corrected chi connectivity index (χ0v) is 17.8. The lowest BCUT2D eigenvalue weighted by Crippen LogP contribution is -2.47. The zero-order valence-electron chi connectivity index (χ0n) is 15.4. The van der Waals surface area contributed by atoms with Crippen LogP contribution in [-0.4, -0.2) is 27.4 Å². The summed E-state index contributed by atoms with van der Waals surface area (Å²) in [4.78, 5) is 29.9. The van der Waals surface area contributed by atoms with E-state index >= 15 is 0 Å². The Morgan fingerprint density at radius 3 is 1.44 bits per heavy atom. The molecule has 0 aliphatic rings. The lowest BCUT2D eigenvalue weighted by Gasteiger charge is -2.31. The minimum Gasteiger partial charge on any atom is -0.434 e. The normalized spacial score (nSPS) is 11.6. The Hall–Kier alpha value is -1.52. The molecule has 11 heteroatoms. The Bertz CT molecular complexity index is 757. The van der Waals surface area contributed by atoms with Crippen LogP contribution in [0, 0.1) is 27.7 Å². The molecular formula is C16H18ClF3N2O3S2. The minimum atomic E-state index is -4.88. The summed E-state index contributed by atoms with van der Waals surface area (Å²) in [5, 5.41) is -1.02. The number of alkyl halides is 3. The number of esters is 1. The average molecular weight is 443 g/mol. The summed E-state index contributed by atoms with van der Waals surface area (Å²) >= 11 is 6.35. The summed E-state index contributed by atoms with van der Waals surface area (Å²) in [5.41, 5.74) is -2.03. The lowest BCUT2D eigenvalue weighted by atomic mass is 10.1. The molecule has 0 saturated carbocycles. The molecule has 0 unspecified atom stereocenters. The molecule has 0 spiro atoms. The Balaban J connectivity index is 0.000000828. The molecule has 0 saturated heterocycles. The van der Waals surface area contributed by atoms with Gasteiger partial charge in [0.1, 0.15) is 0 Å². The van der Waals surface area contributed by atoms with E-state index in [0.29, 0.717) is 21.1 Å². The third kappa shape index (κ3) is 5.26. The highest BCUT2D eigenvalue weighted by Gasteiger charge is 2.65. The van der Waals surface area contributed by atoms with E-state index in [1.807, 2.05) is 0 Å². The number of aryl methyl sites for hydroxylation is 4. The van der Waals surface area contributed by atoms with Crippen LogP contribution >= 0.6 is 34.3 Å². The molecule has 2 aromatic heterocycles. The highest BCUT2D eigenvalue weighted by Crippen LogP contribution is 2.50. The van der Waals surface area contributed by atoms with Crippen LogP contribution in [0.5, 0.6) is 0 Å². The Morgan fingerprint density at radius 1 is 0.926 bits per heavy atom. The second kappa shape index (κ2) is 8.66.